The van der Waals surface area contributed by atoms with Crippen LogP contribution in [0, 0.1) is 5.92 Å². The first-order chi connectivity index (χ1) is 13.5. The van der Waals surface area contributed by atoms with Crippen LogP contribution in [0.15, 0.2) is 36.8 Å². The van der Waals surface area contributed by atoms with Gasteiger partial charge in [0.2, 0.25) is 11.8 Å². The molecule has 3 aromatic rings. The van der Waals surface area contributed by atoms with E-state index < -0.39 is 5.92 Å². The number of alkyl halides is 2. The third-order valence-electron chi connectivity index (χ3n) is 5.87. The Hall–Kier alpha value is -2.83. The van der Waals surface area contributed by atoms with E-state index in [9.17, 15) is 13.6 Å². The van der Waals surface area contributed by atoms with Gasteiger partial charge in [-0.3, -0.25) is 9.78 Å². The highest BCUT2D eigenvalue weighted by atomic mass is 19.3. The summed E-state index contributed by atoms with van der Waals surface area (Å²) < 4.78 is 26.9. The number of carbonyl (C=O) groups is 1. The second kappa shape index (κ2) is 6.36. The highest BCUT2D eigenvalue weighted by Gasteiger charge is 2.37. The van der Waals surface area contributed by atoms with E-state index in [1.165, 1.54) is 0 Å². The standard InChI is InChI=1S/C21H20F2N4O/c22-21(23)4-1-13(2-5-21)12-27-18-8-16(10-25-17(18)9-19(27)28)15-7-14-3-6-24-20(14)26-11-15/h3,6-8,10-11,13H,1-2,4-5,9,12H2,(H,24,26). The molecular formula is C21H20F2N4O. The van der Waals surface area contributed by atoms with Gasteiger partial charge in [0.1, 0.15) is 5.65 Å². The van der Waals surface area contributed by atoms with Crippen LogP contribution in [0.1, 0.15) is 31.4 Å². The van der Waals surface area contributed by atoms with Crippen molar-refractivity contribution in [3.8, 4) is 11.1 Å². The number of H-pyrrole nitrogens is 1. The van der Waals surface area contributed by atoms with Crippen molar-refractivity contribution in [2.45, 2.75) is 38.0 Å². The van der Waals surface area contributed by atoms with Gasteiger partial charge in [0.15, 0.2) is 0 Å². The van der Waals surface area contributed by atoms with Gasteiger partial charge in [-0.1, -0.05) is 0 Å². The molecule has 1 N–H and O–H groups in total. The number of amides is 1. The fourth-order valence-electron chi connectivity index (χ4n) is 4.22. The summed E-state index contributed by atoms with van der Waals surface area (Å²) in [6.07, 6.45) is 6.39. The van der Waals surface area contributed by atoms with E-state index in [0.29, 0.717) is 19.4 Å². The maximum Gasteiger partial charge on any atom is 0.248 e. The Labute approximate surface area is 160 Å². The molecule has 1 fully saturated rings. The molecule has 1 aliphatic heterocycles. The lowest BCUT2D eigenvalue weighted by Crippen LogP contribution is -2.35. The molecule has 1 aliphatic carbocycles. The Morgan fingerprint density at radius 1 is 1.14 bits per heavy atom. The minimum absolute atomic E-state index is 0.00352. The van der Waals surface area contributed by atoms with Crippen LogP contribution < -0.4 is 4.90 Å². The number of carbonyl (C=O) groups excluding carboxylic acids is 1. The van der Waals surface area contributed by atoms with E-state index in [-0.39, 0.29) is 31.1 Å². The summed E-state index contributed by atoms with van der Waals surface area (Å²) in [5, 5.41) is 1.01. The first kappa shape index (κ1) is 17.3. The minimum Gasteiger partial charge on any atom is -0.346 e. The summed E-state index contributed by atoms with van der Waals surface area (Å²) in [7, 11) is 0. The molecule has 5 rings (SSSR count). The zero-order chi connectivity index (χ0) is 19.3. The van der Waals surface area contributed by atoms with E-state index in [2.05, 4.69) is 15.0 Å². The van der Waals surface area contributed by atoms with Gasteiger partial charge in [-0.25, -0.2) is 13.8 Å². The second-order valence-electron chi connectivity index (χ2n) is 7.81. The highest BCUT2D eigenvalue weighted by molar-refractivity contribution is 6.01. The quantitative estimate of drug-likeness (QED) is 0.733. The average Bonchev–Trinajstić information content (AvgIpc) is 3.26. The Bertz CT molecular complexity index is 1050. The lowest BCUT2D eigenvalue weighted by molar-refractivity contribution is -0.117. The van der Waals surface area contributed by atoms with Crippen molar-refractivity contribution >= 4 is 22.6 Å². The predicted octanol–water partition coefficient (Wildman–Crippen LogP) is 4.34. The number of pyridine rings is 2. The Morgan fingerprint density at radius 3 is 2.71 bits per heavy atom. The molecule has 0 saturated heterocycles. The van der Waals surface area contributed by atoms with Gasteiger partial charge >= 0.3 is 0 Å². The fourth-order valence-corrected chi connectivity index (χ4v) is 4.22. The summed E-state index contributed by atoms with van der Waals surface area (Å²) in [6, 6.07) is 5.97. The average molecular weight is 382 g/mol. The van der Waals surface area contributed by atoms with Gasteiger partial charge in [-0.05, 0) is 37.0 Å². The number of nitrogens with zero attached hydrogens (tertiary/aromatic N) is 3. The minimum atomic E-state index is -2.55. The molecule has 1 amide bonds. The zero-order valence-corrected chi connectivity index (χ0v) is 15.3. The number of hydrogen-bond donors (Lipinski definition) is 1. The smallest absolute Gasteiger partial charge is 0.248 e. The molecule has 0 atom stereocenters. The molecule has 28 heavy (non-hydrogen) atoms. The van der Waals surface area contributed by atoms with Crippen LogP contribution in [-0.4, -0.2) is 33.3 Å². The van der Waals surface area contributed by atoms with E-state index in [1.54, 1.807) is 17.3 Å². The summed E-state index contributed by atoms with van der Waals surface area (Å²) in [6.45, 7) is 0.488. The van der Waals surface area contributed by atoms with Crippen molar-refractivity contribution in [3.63, 3.8) is 0 Å². The molecule has 7 heteroatoms. The van der Waals surface area contributed by atoms with Crippen LogP contribution in [0.5, 0.6) is 0 Å². The molecule has 1 saturated carbocycles. The third-order valence-corrected chi connectivity index (χ3v) is 5.87. The van der Waals surface area contributed by atoms with Gasteiger partial charge < -0.3 is 9.88 Å². The van der Waals surface area contributed by atoms with E-state index in [0.717, 1.165) is 33.5 Å². The largest absolute Gasteiger partial charge is 0.346 e. The number of fused-ring (bicyclic) bond motifs is 2. The Morgan fingerprint density at radius 2 is 1.89 bits per heavy atom. The van der Waals surface area contributed by atoms with Crippen molar-refractivity contribution < 1.29 is 13.6 Å². The molecule has 5 nitrogen and oxygen atoms in total. The molecule has 2 aliphatic rings. The molecule has 3 aromatic heterocycles. The number of hydrogen-bond acceptors (Lipinski definition) is 3. The number of aromatic amines is 1. The van der Waals surface area contributed by atoms with E-state index in [1.807, 2.05) is 24.4 Å². The number of halogens is 2. The van der Waals surface area contributed by atoms with Gasteiger partial charge in [-0.2, -0.15) is 0 Å². The van der Waals surface area contributed by atoms with Gasteiger partial charge in [0.25, 0.3) is 0 Å². The van der Waals surface area contributed by atoms with E-state index >= 15 is 0 Å². The topological polar surface area (TPSA) is 61.9 Å². The van der Waals surface area contributed by atoms with Crippen LogP contribution in [0.25, 0.3) is 22.2 Å². The number of rotatable bonds is 3. The van der Waals surface area contributed by atoms with Crippen molar-refractivity contribution in [3.05, 3.63) is 42.5 Å². The number of anilines is 1. The molecule has 0 radical (unpaired) electrons. The van der Waals surface area contributed by atoms with Crippen LogP contribution >= 0.6 is 0 Å². The molecule has 4 heterocycles. The lowest BCUT2D eigenvalue weighted by atomic mass is 9.86. The first-order valence-electron chi connectivity index (χ1n) is 9.59. The lowest BCUT2D eigenvalue weighted by Gasteiger charge is -2.31. The van der Waals surface area contributed by atoms with Crippen molar-refractivity contribution in [1.29, 1.82) is 0 Å². The van der Waals surface area contributed by atoms with Crippen molar-refractivity contribution in [2.24, 2.45) is 5.92 Å². The molecular weight excluding hydrogens is 362 g/mol. The third kappa shape index (κ3) is 3.04. The van der Waals surface area contributed by atoms with Gasteiger partial charge in [-0.15, -0.1) is 0 Å². The van der Waals surface area contributed by atoms with Crippen molar-refractivity contribution in [1.82, 2.24) is 15.0 Å². The molecule has 0 bridgehead atoms. The van der Waals surface area contributed by atoms with Crippen molar-refractivity contribution in [2.75, 3.05) is 11.4 Å². The predicted molar refractivity (Wildman–Crippen MR) is 102 cm³/mol. The van der Waals surface area contributed by atoms with Crippen LogP contribution in [0.3, 0.4) is 0 Å². The molecule has 0 spiro atoms. The zero-order valence-electron chi connectivity index (χ0n) is 15.3. The number of nitrogens with one attached hydrogen (secondary N) is 1. The molecule has 0 aromatic carbocycles. The summed E-state index contributed by atoms with van der Waals surface area (Å²) >= 11 is 0. The van der Waals surface area contributed by atoms with Gasteiger partial charge in [0, 0.05) is 54.5 Å². The maximum absolute atomic E-state index is 13.4. The summed E-state index contributed by atoms with van der Waals surface area (Å²) in [5.41, 5.74) is 4.20. The van der Waals surface area contributed by atoms with Gasteiger partial charge in [0.05, 0.1) is 17.8 Å². The summed E-state index contributed by atoms with van der Waals surface area (Å²) in [4.78, 5) is 26.3. The van der Waals surface area contributed by atoms with Crippen LogP contribution in [0.2, 0.25) is 0 Å². The normalized spacial score (nSPS) is 19.4. The highest BCUT2D eigenvalue weighted by Crippen LogP contribution is 2.39. The molecule has 144 valence electrons. The van der Waals surface area contributed by atoms with Crippen LogP contribution in [-0.2, 0) is 11.2 Å². The van der Waals surface area contributed by atoms with E-state index in [4.69, 9.17) is 0 Å². The monoisotopic (exact) mass is 382 g/mol. The van der Waals surface area contributed by atoms with Crippen LogP contribution in [0.4, 0.5) is 14.5 Å². The Balaban J connectivity index is 1.42. The second-order valence-corrected chi connectivity index (χ2v) is 7.81. The fraction of sp³-hybridized carbons (Fsp3) is 0.381. The summed E-state index contributed by atoms with van der Waals surface area (Å²) in [5.74, 6) is -2.45. The Kier molecular flexibility index (Phi) is 3.92. The number of aromatic nitrogens is 3. The SMILES string of the molecule is O=C1Cc2ncc(-c3cnc4[nH]ccc4c3)cc2N1CC1CCC(F)(F)CC1. The molecule has 0 unspecified atom stereocenters. The first-order valence-corrected chi connectivity index (χ1v) is 9.59. The maximum atomic E-state index is 13.4.